The van der Waals surface area contributed by atoms with Gasteiger partial charge >= 0.3 is 0 Å². The van der Waals surface area contributed by atoms with Crippen LogP contribution in [0, 0.1) is 0 Å². The van der Waals surface area contributed by atoms with Crippen LogP contribution in [0.2, 0.25) is 0 Å². The molecule has 4 heteroatoms. The molecule has 0 saturated heterocycles. The predicted molar refractivity (Wildman–Crippen MR) is 401 cm³/mol. The Labute approximate surface area is 569 Å². The number of nitrogens with zero attached hydrogens (tertiary/aromatic N) is 3. The van der Waals surface area contributed by atoms with E-state index in [9.17, 15) is 0 Å². The predicted octanol–water partition coefficient (Wildman–Crippen LogP) is 23.6. The fourth-order valence-electron chi connectivity index (χ4n) is 16.5. The van der Waals surface area contributed by atoms with E-state index in [0.717, 1.165) is 72.4 Å². The molecule has 0 fully saturated rings. The van der Waals surface area contributed by atoms with Crippen LogP contribution in [-0.2, 0) is 10.8 Å². The molecule has 2 aromatic heterocycles. The summed E-state index contributed by atoms with van der Waals surface area (Å²) in [5.74, 6) is 0.986. The topological polar surface area (TPSA) is 43.9 Å². The van der Waals surface area contributed by atoms with E-state index in [2.05, 4.69) is 354 Å². The zero-order valence-corrected chi connectivity index (χ0v) is 53.5. The number of fused-ring (bicyclic) bond motifs is 9. The molecule has 0 radical (unpaired) electrons. The van der Waals surface area contributed by atoms with Crippen LogP contribution in [0.4, 0.5) is 0 Å². The van der Waals surface area contributed by atoms with Crippen molar-refractivity contribution >= 4 is 21.8 Å². The highest BCUT2D eigenvalue weighted by Gasteiger charge is 2.48. The van der Waals surface area contributed by atoms with Gasteiger partial charge in [-0.3, -0.25) is 0 Å². The summed E-state index contributed by atoms with van der Waals surface area (Å²) in [6.07, 6.45) is 0. The molecule has 0 amide bonds. The first-order chi connectivity index (χ1) is 48.6. The maximum Gasteiger partial charge on any atom is 0.248 e. The van der Waals surface area contributed by atoms with Gasteiger partial charge in [-0.05, 0) is 195 Å². The zero-order valence-electron chi connectivity index (χ0n) is 53.5. The van der Waals surface area contributed by atoms with Gasteiger partial charge in [-0.2, -0.15) is 0 Å². The first-order valence-corrected chi connectivity index (χ1v) is 33.7. The quantitative estimate of drug-likeness (QED) is 0.122. The Hall–Kier alpha value is -12.8. The largest absolute Gasteiger partial charge is 0.416 e. The molecule has 0 N–H and O–H groups in total. The molecule has 458 valence electrons. The van der Waals surface area contributed by atoms with Crippen molar-refractivity contribution in [3.63, 3.8) is 0 Å². The maximum absolute atomic E-state index is 6.15. The van der Waals surface area contributed by atoms with E-state index in [-0.39, 0.29) is 0 Å². The van der Waals surface area contributed by atoms with Gasteiger partial charge in [-0.15, -0.1) is 10.2 Å². The minimum absolute atomic E-state index is 0.487. The van der Waals surface area contributed by atoms with Gasteiger partial charge in [0.05, 0.1) is 21.9 Å². The summed E-state index contributed by atoms with van der Waals surface area (Å²) in [5.41, 5.74) is 30.8. The molecule has 2 heterocycles. The van der Waals surface area contributed by atoms with Crippen LogP contribution in [0.5, 0.6) is 0 Å². The zero-order chi connectivity index (χ0) is 64.7. The van der Waals surface area contributed by atoms with E-state index in [1.165, 1.54) is 88.7 Å². The van der Waals surface area contributed by atoms with Gasteiger partial charge in [0.1, 0.15) is 0 Å². The fourth-order valence-corrected chi connectivity index (χ4v) is 16.5. The molecule has 0 bridgehead atoms. The summed E-state index contributed by atoms with van der Waals surface area (Å²) in [6, 6.07) is 136. The van der Waals surface area contributed by atoms with Gasteiger partial charge in [0.15, 0.2) is 0 Å². The van der Waals surface area contributed by atoms with Crippen LogP contribution in [0.1, 0.15) is 44.5 Å². The van der Waals surface area contributed by atoms with Gasteiger partial charge in [0.2, 0.25) is 11.8 Å². The van der Waals surface area contributed by atoms with Crippen LogP contribution in [-0.4, -0.2) is 14.8 Å². The molecule has 0 unspecified atom stereocenters. The van der Waals surface area contributed by atoms with Gasteiger partial charge in [0.25, 0.3) is 0 Å². The lowest BCUT2D eigenvalue weighted by molar-refractivity contribution is 0.584. The van der Waals surface area contributed by atoms with E-state index in [0.29, 0.717) is 11.8 Å². The number of aromatic nitrogens is 3. The van der Waals surface area contributed by atoms with Gasteiger partial charge in [-0.25, -0.2) is 0 Å². The average Bonchev–Trinajstić information content (AvgIpc) is 1.54. The Kier molecular flexibility index (Phi) is 13.3. The normalized spacial score (nSPS) is 13.1. The molecule has 2 aliphatic rings. The second-order valence-corrected chi connectivity index (χ2v) is 25.9. The highest BCUT2D eigenvalue weighted by molar-refractivity contribution is 6.12. The SMILES string of the molecule is c1ccc(-c2nnc(-c3ccc(-c4ccccc4-c4ccccc4-c4ccc(-n5c6ccc(-c7ccc8c(c7)C(c7ccccc7)(c7ccccc7)c7ccccc7-8)cc6c6cc(-c7ccc8c(c7)C(c7ccccc7)(c7ccccc7)c7ccccc7-8)ccc65)cc4)cc3)o2)cc1. The smallest absolute Gasteiger partial charge is 0.248 e. The van der Waals surface area contributed by atoms with Crippen molar-refractivity contribution in [1.29, 1.82) is 0 Å². The highest BCUT2D eigenvalue weighted by Crippen LogP contribution is 2.59. The Balaban J connectivity index is 0.750. The Morgan fingerprint density at radius 3 is 0.929 bits per heavy atom. The summed E-state index contributed by atoms with van der Waals surface area (Å²) in [7, 11) is 0. The summed E-state index contributed by atoms with van der Waals surface area (Å²) in [5, 5.41) is 11.1. The van der Waals surface area contributed by atoms with Crippen LogP contribution >= 0.6 is 0 Å². The van der Waals surface area contributed by atoms with Crippen LogP contribution in [0.15, 0.2) is 374 Å². The summed E-state index contributed by atoms with van der Waals surface area (Å²) >= 11 is 0. The molecule has 2 aliphatic carbocycles. The monoisotopic (exact) mass is 1250 g/mol. The molecule has 98 heavy (non-hydrogen) atoms. The Morgan fingerprint density at radius 2 is 0.510 bits per heavy atom. The lowest BCUT2D eigenvalue weighted by Crippen LogP contribution is -2.28. The van der Waals surface area contributed by atoms with Crippen molar-refractivity contribution in [1.82, 2.24) is 14.8 Å². The third-order valence-electron chi connectivity index (χ3n) is 20.8. The molecule has 17 aromatic rings. The van der Waals surface area contributed by atoms with Crippen LogP contribution in [0.3, 0.4) is 0 Å². The molecular formula is C94H61N3O. The number of hydrogen-bond acceptors (Lipinski definition) is 3. The van der Waals surface area contributed by atoms with E-state index < -0.39 is 10.8 Å². The lowest BCUT2D eigenvalue weighted by atomic mass is 9.67. The molecule has 0 spiro atoms. The third kappa shape index (κ3) is 8.85. The molecule has 0 saturated carbocycles. The fraction of sp³-hybridized carbons (Fsp3) is 0.0213. The second kappa shape index (κ2) is 23.0. The standard InChI is InChI=1S/C94H61N3O/c1-6-24-64(25-7-1)91-95-96-92(98-91)65-44-42-62(43-45-65)75-34-16-18-36-77(75)78-37-19-17-35-76(78)63-46-52-74(53-47-63)97-89-56-50-66(68-48-54-81-79-38-20-22-40-85(79)93(87(81)60-68,70-26-8-2-9-27-70)71-28-10-3-11-29-71)58-83(89)84-59-67(51-57-90(84)97)69-49-55-82-80-39-21-23-41-86(80)94(88(82)61-69,72-30-12-4-13-31-72)73-32-14-5-15-33-73/h1-61H. The van der Waals surface area contributed by atoms with Gasteiger partial charge in [0, 0.05) is 27.6 Å². The number of hydrogen-bond donors (Lipinski definition) is 0. The molecule has 0 atom stereocenters. The molecule has 15 aromatic carbocycles. The minimum atomic E-state index is -0.524. The maximum atomic E-state index is 6.15. The number of benzene rings is 15. The van der Waals surface area contributed by atoms with E-state index in [1.807, 2.05) is 30.3 Å². The van der Waals surface area contributed by atoms with E-state index in [1.54, 1.807) is 0 Å². The van der Waals surface area contributed by atoms with Gasteiger partial charge < -0.3 is 8.98 Å². The van der Waals surface area contributed by atoms with Crippen molar-refractivity contribution in [2.75, 3.05) is 0 Å². The summed E-state index contributed by atoms with van der Waals surface area (Å²) < 4.78 is 8.62. The van der Waals surface area contributed by atoms with Crippen molar-refractivity contribution in [2.24, 2.45) is 0 Å². The third-order valence-corrected chi connectivity index (χ3v) is 20.8. The summed E-state index contributed by atoms with van der Waals surface area (Å²) in [4.78, 5) is 0. The summed E-state index contributed by atoms with van der Waals surface area (Å²) in [6.45, 7) is 0. The van der Waals surface area contributed by atoms with Crippen molar-refractivity contribution in [2.45, 2.75) is 10.8 Å². The first-order valence-electron chi connectivity index (χ1n) is 33.7. The molecular weight excluding hydrogens is 1190 g/mol. The molecule has 0 aliphatic heterocycles. The Bertz CT molecular complexity index is 5580. The average molecular weight is 1250 g/mol. The molecule has 4 nitrogen and oxygen atoms in total. The van der Waals surface area contributed by atoms with Crippen LogP contribution in [0.25, 0.3) is 128 Å². The Morgan fingerprint density at radius 1 is 0.214 bits per heavy atom. The van der Waals surface area contributed by atoms with Crippen molar-refractivity contribution < 1.29 is 4.42 Å². The first kappa shape index (κ1) is 56.8. The number of rotatable bonds is 12. The van der Waals surface area contributed by atoms with Crippen LogP contribution < -0.4 is 0 Å². The van der Waals surface area contributed by atoms with Gasteiger partial charge in [-0.1, -0.05) is 297 Å². The van der Waals surface area contributed by atoms with E-state index >= 15 is 0 Å². The van der Waals surface area contributed by atoms with Crippen molar-refractivity contribution in [3.05, 3.63) is 415 Å². The lowest BCUT2D eigenvalue weighted by Gasteiger charge is -2.34. The second-order valence-electron chi connectivity index (χ2n) is 25.9. The van der Waals surface area contributed by atoms with E-state index in [4.69, 9.17) is 4.42 Å². The molecule has 19 rings (SSSR count). The highest BCUT2D eigenvalue weighted by atomic mass is 16.4. The minimum Gasteiger partial charge on any atom is -0.416 e. The van der Waals surface area contributed by atoms with Crippen molar-refractivity contribution in [3.8, 4) is 106 Å².